The van der Waals surface area contributed by atoms with Crippen LogP contribution in [-0.2, 0) is 20.2 Å². The third-order valence-corrected chi connectivity index (χ3v) is 6.26. The highest BCUT2D eigenvalue weighted by atomic mass is 35.5. The van der Waals surface area contributed by atoms with Crippen molar-refractivity contribution >= 4 is 33.2 Å². The van der Waals surface area contributed by atoms with Gasteiger partial charge in [0.2, 0.25) is 15.9 Å². The topological polar surface area (TPSA) is 66.5 Å². The minimum absolute atomic E-state index is 0.0481. The number of carbonyl (C=O) groups excluding carboxylic acids is 1. The van der Waals surface area contributed by atoms with Crippen molar-refractivity contribution in [3.63, 3.8) is 0 Å². The van der Waals surface area contributed by atoms with E-state index in [2.05, 4.69) is 38.2 Å². The molecule has 0 aromatic heterocycles. The lowest BCUT2D eigenvalue weighted by Crippen LogP contribution is -2.48. The molecule has 0 aliphatic carbocycles. The Labute approximate surface area is 179 Å². The highest BCUT2D eigenvalue weighted by Gasteiger charge is 2.30. The first-order valence-electron chi connectivity index (χ1n) is 9.46. The largest absolute Gasteiger partial charge is 0.348 e. The molecule has 0 spiro atoms. The van der Waals surface area contributed by atoms with Gasteiger partial charge >= 0.3 is 0 Å². The molecule has 0 heterocycles. The molecule has 2 aromatic carbocycles. The van der Waals surface area contributed by atoms with Gasteiger partial charge in [0, 0.05) is 5.02 Å². The smallest absolute Gasteiger partial charge is 0.244 e. The number of carbonyl (C=O) groups is 1. The van der Waals surface area contributed by atoms with Crippen LogP contribution in [0.5, 0.6) is 0 Å². The van der Waals surface area contributed by atoms with E-state index in [-0.39, 0.29) is 17.4 Å². The fraction of sp³-hybridized carbons (Fsp3) is 0.409. The Kier molecular flexibility index (Phi) is 7.01. The molecule has 7 heteroatoms. The molecule has 2 rings (SSSR count). The van der Waals surface area contributed by atoms with Gasteiger partial charge in [-0.3, -0.25) is 9.10 Å². The van der Waals surface area contributed by atoms with Crippen molar-refractivity contribution < 1.29 is 13.2 Å². The van der Waals surface area contributed by atoms with Crippen molar-refractivity contribution in [2.45, 2.75) is 52.1 Å². The summed E-state index contributed by atoms with van der Waals surface area (Å²) in [6, 6.07) is 13.3. The molecule has 0 radical (unpaired) electrons. The Morgan fingerprint density at radius 1 is 1.07 bits per heavy atom. The fourth-order valence-corrected chi connectivity index (χ4v) is 4.46. The number of benzene rings is 2. The molecule has 5 nitrogen and oxygen atoms in total. The number of hydrogen-bond donors (Lipinski definition) is 1. The predicted molar refractivity (Wildman–Crippen MR) is 120 cm³/mol. The molecule has 0 unspecified atom stereocenters. The van der Waals surface area contributed by atoms with E-state index >= 15 is 0 Å². The molecule has 2 atom stereocenters. The van der Waals surface area contributed by atoms with Gasteiger partial charge < -0.3 is 5.32 Å². The Morgan fingerprint density at radius 3 is 2.14 bits per heavy atom. The van der Waals surface area contributed by atoms with Crippen LogP contribution in [0.4, 0.5) is 5.69 Å². The third kappa shape index (κ3) is 5.97. The van der Waals surface area contributed by atoms with Crippen LogP contribution in [0.2, 0.25) is 5.02 Å². The number of rotatable bonds is 6. The minimum Gasteiger partial charge on any atom is -0.348 e. The molecule has 0 aliphatic rings. The summed E-state index contributed by atoms with van der Waals surface area (Å²) in [5.74, 6) is -0.386. The standard InChI is InChI=1S/C22H29ClN2O3S/c1-15(17-10-12-18(13-11-17)22(3,4)5)24-21(26)16(2)25(29(6,27)28)20-9-7-8-19(23)14-20/h7-16H,1-6H3,(H,24,26)/t15-,16+/m0/s1. The van der Waals surface area contributed by atoms with Crippen LogP contribution in [0, 0.1) is 0 Å². The number of amides is 1. The van der Waals surface area contributed by atoms with Gasteiger partial charge in [-0.05, 0) is 48.6 Å². The maximum Gasteiger partial charge on any atom is 0.244 e. The molecule has 0 fully saturated rings. The number of anilines is 1. The van der Waals surface area contributed by atoms with Crippen molar-refractivity contribution in [3.05, 3.63) is 64.7 Å². The molecule has 1 N–H and O–H groups in total. The quantitative estimate of drug-likeness (QED) is 0.715. The molecule has 2 aromatic rings. The second kappa shape index (κ2) is 8.76. The Balaban J connectivity index is 2.21. The summed E-state index contributed by atoms with van der Waals surface area (Å²) >= 11 is 6.01. The lowest BCUT2D eigenvalue weighted by Gasteiger charge is -2.29. The molecule has 0 aliphatic heterocycles. The van der Waals surface area contributed by atoms with E-state index in [4.69, 9.17) is 11.6 Å². The summed E-state index contributed by atoms with van der Waals surface area (Å²) < 4.78 is 25.8. The average molecular weight is 437 g/mol. The summed E-state index contributed by atoms with van der Waals surface area (Å²) in [6.45, 7) is 9.87. The molecule has 29 heavy (non-hydrogen) atoms. The van der Waals surface area contributed by atoms with Gasteiger partial charge in [0.15, 0.2) is 0 Å². The first-order chi connectivity index (χ1) is 13.3. The monoisotopic (exact) mass is 436 g/mol. The molecule has 0 saturated carbocycles. The van der Waals surface area contributed by atoms with Crippen molar-refractivity contribution in [2.24, 2.45) is 0 Å². The summed E-state index contributed by atoms with van der Waals surface area (Å²) in [4.78, 5) is 12.8. The van der Waals surface area contributed by atoms with E-state index in [1.807, 2.05) is 19.1 Å². The number of nitrogens with one attached hydrogen (secondary N) is 1. The molecule has 1 amide bonds. The van der Waals surface area contributed by atoms with Gasteiger partial charge in [-0.15, -0.1) is 0 Å². The van der Waals surface area contributed by atoms with Crippen LogP contribution in [0.15, 0.2) is 48.5 Å². The summed E-state index contributed by atoms with van der Waals surface area (Å²) in [5, 5.41) is 3.31. The van der Waals surface area contributed by atoms with Crippen LogP contribution in [0.3, 0.4) is 0 Å². The zero-order valence-corrected chi connectivity index (χ0v) is 19.3. The van der Waals surface area contributed by atoms with Crippen molar-refractivity contribution in [1.29, 1.82) is 0 Å². The summed E-state index contributed by atoms with van der Waals surface area (Å²) in [6.07, 6.45) is 1.08. The molecule has 0 saturated heterocycles. The summed E-state index contributed by atoms with van der Waals surface area (Å²) in [7, 11) is -3.69. The second-order valence-corrected chi connectivity index (χ2v) is 10.6. The zero-order valence-electron chi connectivity index (χ0n) is 17.7. The van der Waals surface area contributed by atoms with Gasteiger partial charge in [-0.1, -0.05) is 62.7 Å². The number of sulfonamides is 1. The first kappa shape index (κ1) is 23.2. The maximum atomic E-state index is 12.8. The SMILES string of the molecule is C[C@H](NC(=O)[C@@H](C)N(c1cccc(Cl)c1)S(C)(=O)=O)c1ccc(C(C)(C)C)cc1. The Morgan fingerprint density at radius 2 is 1.66 bits per heavy atom. The summed E-state index contributed by atoms with van der Waals surface area (Å²) in [5.41, 5.74) is 2.56. The van der Waals surface area contributed by atoms with E-state index in [0.29, 0.717) is 10.7 Å². The molecular weight excluding hydrogens is 408 g/mol. The lowest BCUT2D eigenvalue weighted by molar-refractivity contribution is -0.122. The van der Waals surface area contributed by atoms with Gasteiger partial charge in [-0.25, -0.2) is 8.42 Å². The van der Waals surface area contributed by atoms with Gasteiger partial charge in [0.25, 0.3) is 0 Å². The molecule has 0 bridgehead atoms. The highest BCUT2D eigenvalue weighted by molar-refractivity contribution is 7.92. The van der Waals surface area contributed by atoms with Crippen LogP contribution >= 0.6 is 11.6 Å². The van der Waals surface area contributed by atoms with E-state index in [0.717, 1.165) is 16.1 Å². The maximum absolute atomic E-state index is 12.8. The molecular formula is C22H29ClN2O3S. The van der Waals surface area contributed by atoms with E-state index in [9.17, 15) is 13.2 Å². The zero-order chi connectivity index (χ0) is 22.0. The lowest BCUT2D eigenvalue weighted by atomic mass is 9.86. The van der Waals surface area contributed by atoms with Crippen LogP contribution in [-0.4, -0.2) is 26.6 Å². The van der Waals surface area contributed by atoms with Crippen LogP contribution < -0.4 is 9.62 Å². The normalized spacial score (nSPS) is 14.2. The van der Waals surface area contributed by atoms with Gasteiger partial charge in [0.05, 0.1) is 18.0 Å². The Bertz CT molecular complexity index is 966. The van der Waals surface area contributed by atoms with E-state index in [1.54, 1.807) is 25.1 Å². The van der Waals surface area contributed by atoms with Crippen LogP contribution in [0.25, 0.3) is 0 Å². The van der Waals surface area contributed by atoms with Gasteiger partial charge in [-0.2, -0.15) is 0 Å². The second-order valence-electron chi connectivity index (χ2n) is 8.32. The van der Waals surface area contributed by atoms with E-state index < -0.39 is 16.1 Å². The van der Waals surface area contributed by atoms with Crippen LogP contribution in [0.1, 0.15) is 51.8 Å². The number of hydrogen-bond acceptors (Lipinski definition) is 3. The van der Waals surface area contributed by atoms with Gasteiger partial charge in [0.1, 0.15) is 6.04 Å². The highest BCUT2D eigenvalue weighted by Crippen LogP contribution is 2.26. The Hall–Kier alpha value is -2.05. The van der Waals surface area contributed by atoms with Crippen molar-refractivity contribution in [3.8, 4) is 0 Å². The van der Waals surface area contributed by atoms with E-state index in [1.165, 1.54) is 11.6 Å². The third-order valence-electron chi connectivity index (χ3n) is 4.79. The predicted octanol–water partition coefficient (Wildman–Crippen LogP) is 4.67. The molecule has 158 valence electrons. The van der Waals surface area contributed by atoms with Crippen molar-refractivity contribution in [1.82, 2.24) is 5.32 Å². The minimum atomic E-state index is -3.69. The first-order valence-corrected chi connectivity index (χ1v) is 11.7. The average Bonchev–Trinajstić information content (AvgIpc) is 2.60. The number of halogens is 1. The fourth-order valence-electron chi connectivity index (χ4n) is 3.11. The number of nitrogens with zero attached hydrogens (tertiary/aromatic N) is 1. The van der Waals surface area contributed by atoms with Crippen molar-refractivity contribution in [2.75, 3.05) is 10.6 Å².